The van der Waals surface area contributed by atoms with Gasteiger partial charge in [-0.2, -0.15) is 0 Å². The summed E-state index contributed by atoms with van der Waals surface area (Å²) in [6, 6.07) is 5.08. The third-order valence-corrected chi connectivity index (χ3v) is 4.25. The van der Waals surface area contributed by atoms with Crippen molar-refractivity contribution in [2.45, 2.75) is 44.9 Å². The molecule has 0 heterocycles. The third-order valence-electron chi connectivity index (χ3n) is 4.25. The molecule has 0 atom stereocenters. The molecule has 1 aliphatic rings. The number of carbonyl (C=O) groups is 1. The fourth-order valence-electron chi connectivity index (χ4n) is 3.10. The summed E-state index contributed by atoms with van der Waals surface area (Å²) in [5.41, 5.74) is 0.769. The van der Waals surface area contributed by atoms with Gasteiger partial charge in [0.25, 0.3) is 0 Å². The van der Waals surface area contributed by atoms with Crippen LogP contribution in [0, 0.1) is 11.7 Å². The second-order valence-electron chi connectivity index (χ2n) is 5.61. The molecule has 1 aromatic rings. The number of hydrogen-bond acceptors (Lipinski definition) is 3. The van der Waals surface area contributed by atoms with Gasteiger partial charge in [0.1, 0.15) is 11.6 Å². The van der Waals surface area contributed by atoms with Crippen LogP contribution in [0.25, 0.3) is 0 Å². The first kappa shape index (κ1) is 15.8. The molecule has 1 saturated carbocycles. The Hall–Kier alpha value is -1.58. The first-order chi connectivity index (χ1) is 10.1. The maximum atomic E-state index is 14.1. The molecule has 0 N–H and O–H groups in total. The highest BCUT2D eigenvalue weighted by Crippen LogP contribution is 2.38. The molecule has 0 bridgehead atoms. The van der Waals surface area contributed by atoms with Crippen molar-refractivity contribution in [2.75, 3.05) is 13.7 Å². The van der Waals surface area contributed by atoms with Gasteiger partial charge in [-0.15, -0.1) is 0 Å². The van der Waals surface area contributed by atoms with Crippen LogP contribution < -0.4 is 4.74 Å². The highest BCUT2D eigenvalue weighted by atomic mass is 19.1. The standard InChI is InChI=1S/C17H23FO3/c1-3-21-17(19)10-12-4-6-13(7-5-12)15-9-8-14(20-2)11-16(15)18/h8-9,11-13H,3-7,10H2,1-2H3. The van der Waals surface area contributed by atoms with Crippen LogP contribution in [0.5, 0.6) is 5.75 Å². The topological polar surface area (TPSA) is 35.5 Å². The van der Waals surface area contributed by atoms with Crippen molar-refractivity contribution >= 4 is 5.97 Å². The van der Waals surface area contributed by atoms with Gasteiger partial charge < -0.3 is 9.47 Å². The molecule has 4 heteroatoms. The molecule has 1 aliphatic carbocycles. The van der Waals surface area contributed by atoms with Gasteiger partial charge in [0.2, 0.25) is 0 Å². The first-order valence-electron chi connectivity index (χ1n) is 7.63. The summed E-state index contributed by atoms with van der Waals surface area (Å²) in [5.74, 6) is 0.864. The van der Waals surface area contributed by atoms with Gasteiger partial charge in [-0.05, 0) is 56.1 Å². The summed E-state index contributed by atoms with van der Waals surface area (Å²) >= 11 is 0. The summed E-state index contributed by atoms with van der Waals surface area (Å²) in [5, 5.41) is 0. The number of methoxy groups -OCH3 is 1. The van der Waals surface area contributed by atoms with Gasteiger partial charge in [-0.25, -0.2) is 4.39 Å². The van der Waals surface area contributed by atoms with E-state index in [9.17, 15) is 9.18 Å². The third kappa shape index (κ3) is 4.19. The predicted molar refractivity (Wildman–Crippen MR) is 78.9 cm³/mol. The average Bonchev–Trinajstić information content (AvgIpc) is 2.48. The predicted octanol–water partition coefficient (Wildman–Crippen LogP) is 4.06. The smallest absolute Gasteiger partial charge is 0.306 e. The average molecular weight is 294 g/mol. The minimum absolute atomic E-state index is 0.114. The number of ether oxygens (including phenoxy) is 2. The van der Waals surface area contributed by atoms with Crippen LogP contribution in [0.4, 0.5) is 4.39 Å². The zero-order valence-corrected chi connectivity index (χ0v) is 12.7. The molecule has 0 spiro atoms. The molecule has 0 saturated heterocycles. The molecule has 0 unspecified atom stereocenters. The Balaban J connectivity index is 1.90. The highest BCUT2D eigenvalue weighted by molar-refractivity contribution is 5.69. The molecular formula is C17H23FO3. The maximum absolute atomic E-state index is 14.1. The van der Waals surface area contributed by atoms with E-state index in [1.165, 1.54) is 13.2 Å². The lowest BCUT2D eigenvalue weighted by Gasteiger charge is -2.28. The summed E-state index contributed by atoms with van der Waals surface area (Å²) in [6.45, 7) is 2.26. The number of rotatable bonds is 5. The van der Waals surface area contributed by atoms with Gasteiger partial charge in [0.15, 0.2) is 0 Å². The summed E-state index contributed by atoms with van der Waals surface area (Å²) < 4.78 is 24.1. The van der Waals surface area contributed by atoms with Crippen molar-refractivity contribution in [3.05, 3.63) is 29.6 Å². The van der Waals surface area contributed by atoms with Crippen molar-refractivity contribution < 1.29 is 18.7 Å². The molecule has 0 amide bonds. The van der Waals surface area contributed by atoms with E-state index in [2.05, 4.69) is 0 Å². The Morgan fingerprint density at radius 3 is 2.57 bits per heavy atom. The maximum Gasteiger partial charge on any atom is 0.306 e. The molecule has 0 radical (unpaired) electrons. The van der Waals surface area contributed by atoms with Crippen molar-refractivity contribution in [1.82, 2.24) is 0 Å². The molecular weight excluding hydrogens is 271 g/mol. The molecule has 1 aromatic carbocycles. The summed E-state index contributed by atoms with van der Waals surface area (Å²) in [6.07, 6.45) is 4.25. The summed E-state index contributed by atoms with van der Waals surface area (Å²) in [4.78, 5) is 11.5. The lowest BCUT2D eigenvalue weighted by molar-refractivity contribution is -0.144. The lowest BCUT2D eigenvalue weighted by atomic mass is 9.77. The fraction of sp³-hybridized carbons (Fsp3) is 0.588. The number of benzene rings is 1. The molecule has 21 heavy (non-hydrogen) atoms. The zero-order chi connectivity index (χ0) is 15.2. The lowest BCUT2D eigenvalue weighted by Crippen LogP contribution is -2.18. The molecule has 116 valence electrons. The zero-order valence-electron chi connectivity index (χ0n) is 12.7. The number of carbonyl (C=O) groups excluding carboxylic acids is 1. The highest BCUT2D eigenvalue weighted by Gasteiger charge is 2.26. The van der Waals surface area contributed by atoms with E-state index in [1.807, 2.05) is 19.1 Å². The van der Waals surface area contributed by atoms with Crippen LogP contribution in [-0.2, 0) is 9.53 Å². The fourth-order valence-corrected chi connectivity index (χ4v) is 3.10. The largest absolute Gasteiger partial charge is 0.497 e. The van der Waals surface area contributed by atoms with E-state index < -0.39 is 0 Å². The molecule has 2 rings (SSSR count). The van der Waals surface area contributed by atoms with Gasteiger partial charge in [0.05, 0.1) is 13.7 Å². The minimum atomic E-state index is -0.191. The molecule has 0 aliphatic heterocycles. The quantitative estimate of drug-likeness (QED) is 0.768. The molecule has 1 fully saturated rings. The van der Waals surface area contributed by atoms with Crippen molar-refractivity contribution in [3.63, 3.8) is 0 Å². The first-order valence-corrected chi connectivity index (χ1v) is 7.63. The van der Waals surface area contributed by atoms with Gasteiger partial charge in [-0.3, -0.25) is 4.79 Å². The van der Waals surface area contributed by atoms with E-state index in [0.29, 0.717) is 24.7 Å². The Bertz CT molecular complexity index is 479. The molecule has 0 aromatic heterocycles. The van der Waals surface area contributed by atoms with Crippen LogP contribution in [0.1, 0.15) is 50.5 Å². The Morgan fingerprint density at radius 2 is 2.00 bits per heavy atom. The van der Waals surface area contributed by atoms with Crippen LogP contribution in [0.3, 0.4) is 0 Å². The van der Waals surface area contributed by atoms with Gasteiger partial charge in [-0.1, -0.05) is 6.07 Å². The van der Waals surface area contributed by atoms with Crippen LogP contribution in [0.2, 0.25) is 0 Å². The van der Waals surface area contributed by atoms with E-state index in [1.54, 1.807) is 0 Å². The Morgan fingerprint density at radius 1 is 1.29 bits per heavy atom. The Kier molecular flexibility index (Phi) is 5.59. The second-order valence-corrected chi connectivity index (χ2v) is 5.61. The minimum Gasteiger partial charge on any atom is -0.497 e. The number of halogens is 1. The van der Waals surface area contributed by atoms with Crippen molar-refractivity contribution in [2.24, 2.45) is 5.92 Å². The monoisotopic (exact) mass is 294 g/mol. The van der Waals surface area contributed by atoms with Gasteiger partial charge >= 0.3 is 5.97 Å². The second kappa shape index (κ2) is 7.43. The van der Waals surface area contributed by atoms with Crippen LogP contribution in [-0.4, -0.2) is 19.7 Å². The Labute approximate surface area is 125 Å². The van der Waals surface area contributed by atoms with E-state index in [-0.39, 0.29) is 17.7 Å². The number of hydrogen-bond donors (Lipinski definition) is 0. The van der Waals surface area contributed by atoms with Crippen LogP contribution >= 0.6 is 0 Å². The molecule has 3 nitrogen and oxygen atoms in total. The van der Waals surface area contributed by atoms with Gasteiger partial charge in [0, 0.05) is 12.5 Å². The SMILES string of the molecule is CCOC(=O)CC1CCC(c2ccc(OC)cc2F)CC1. The summed E-state index contributed by atoms with van der Waals surface area (Å²) in [7, 11) is 1.54. The van der Waals surface area contributed by atoms with E-state index in [4.69, 9.17) is 9.47 Å². The normalized spacial score (nSPS) is 21.9. The van der Waals surface area contributed by atoms with Crippen molar-refractivity contribution in [3.8, 4) is 5.75 Å². The number of esters is 1. The van der Waals surface area contributed by atoms with E-state index in [0.717, 1.165) is 31.2 Å². The van der Waals surface area contributed by atoms with Crippen LogP contribution in [0.15, 0.2) is 18.2 Å². The van der Waals surface area contributed by atoms with Crippen molar-refractivity contribution in [1.29, 1.82) is 0 Å². The van der Waals surface area contributed by atoms with E-state index >= 15 is 0 Å².